The van der Waals surface area contributed by atoms with E-state index < -0.39 is 4.21 Å². The second-order valence-electron chi connectivity index (χ2n) is 1.91. The van der Waals surface area contributed by atoms with Crippen molar-refractivity contribution in [2.75, 3.05) is 0 Å². The molecule has 1 atom stereocenters. The minimum absolute atomic E-state index is 0.0208. The maximum atomic E-state index is 10.4. The molecule has 46 valence electrons. The monoisotopic (exact) mass is 151 g/mol. The molecule has 1 unspecified atom stereocenters. The molecule has 0 aliphatic carbocycles. The summed E-state index contributed by atoms with van der Waals surface area (Å²) in [4.78, 5) is 10.4. The van der Waals surface area contributed by atoms with Gasteiger partial charge in [-0.3, -0.25) is 9.52 Å². The van der Waals surface area contributed by atoms with Crippen molar-refractivity contribution >= 4 is 29.5 Å². The second-order valence-corrected chi connectivity index (χ2v) is 4.27. The molecule has 8 heavy (non-hydrogen) atoms. The summed E-state index contributed by atoms with van der Waals surface area (Å²) in [6.45, 7) is 1.82. The summed E-state index contributed by atoms with van der Waals surface area (Å²) in [6.07, 6.45) is 0.416. The Morgan fingerprint density at radius 1 is 2.00 bits per heavy atom. The van der Waals surface area contributed by atoms with E-state index in [1.165, 1.54) is 11.9 Å². The number of carbonyl (C=O) groups is 1. The van der Waals surface area contributed by atoms with Gasteiger partial charge in [-0.2, -0.15) is 0 Å². The number of nitrogens with one attached hydrogen (secondary N) is 1. The van der Waals surface area contributed by atoms with E-state index in [2.05, 4.69) is 4.72 Å². The van der Waals surface area contributed by atoms with Gasteiger partial charge in [-0.1, -0.05) is 0 Å². The van der Waals surface area contributed by atoms with Crippen LogP contribution in [0.1, 0.15) is 13.3 Å². The first kappa shape index (κ1) is 6.23. The molecule has 0 aromatic heterocycles. The quantitative estimate of drug-likeness (QED) is 0.415. The molecule has 1 amide bonds. The number of hydrogen-bond acceptors (Lipinski definition) is 2. The van der Waals surface area contributed by atoms with Gasteiger partial charge in [0.15, 0.2) is 0 Å². The average Bonchev–Trinajstić information content (AvgIpc) is 1.82. The maximum Gasteiger partial charge on any atom is 0.232 e. The van der Waals surface area contributed by atoms with Gasteiger partial charge in [0, 0.05) is 0 Å². The number of hydrogen-bond donors (Lipinski definition) is 1. The first-order chi connectivity index (χ1) is 3.60. The van der Waals surface area contributed by atoms with Crippen molar-refractivity contribution in [1.29, 1.82) is 0 Å². The van der Waals surface area contributed by atoms with Gasteiger partial charge in [-0.25, -0.2) is 0 Å². The zero-order valence-electron chi connectivity index (χ0n) is 4.40. The molecule has 4 heteroatoms. The van der Waals surface area contributed by atoms with Gasteiger partial charge in [0.2, 0.25) is 5.91 Å². The minimum Gasteiger partial charge on any atom is -0.299 e. The van der Waals surface area contributed by atoms with Crippen LogP contribution in [0.15, 0.2) is 0 Å². The van der Waals surface area contributed by atoms with Crippen LogP contribution >= 0.6 is 23.5 Å². The molecule has 1 rings (SSSR count). The lowest BCUT2D eigenvalue weighted by Crippen LogP contribution is -2.07. The smallest absolute Gasteiger partial charge is 0.232 e. The summed E-state index contributed by atoms with van der Waals surface area (Å²) in [5.41, 5.74) is 0. The SMILES string of the molecule is CC1(Cl)CC(=O)NS1. The number of amides is 1. The van der Waals surface area contributed by atoms with Gasteiger partial charge in [-0.05, 0) is 18.9 Å². The van der Waals surface area contributed by atoms with Crippen LogP contribution < -0.4 is 4.72 Å². The van der Waals surface area contributed by atoms with Crippen molar-refractivity contribution in [3.63, 3.8) is 0 Å². The Kier molecular flexibility index (Phi) is 1.41. The minimum atomic E-state index is -0.406. The lowest BCUT2D eigenvalue weighted by Gasteiger charge is -2.06. The van der Waals surface area contributed by atoms with Crippen LogP contribution in [0.25, 0.3) is 0 Å². The van der Waals surface area contributed by atoms with E-state index in [0.29, 0.717) is 6.42 Å². The predicted octanol–water partition coefficient (Wildman–Crippen LogP) is 1.11. The van der Waals surface area contributed by atoms with Gasteiger partial charge >= 0.3 is 0 Å². The van der Waals surface area contributed by atoms with Gasteiger partial charge in [-0.15, -0.1) is 11.6 Å². The molecule has 1 heterocycles. The summed E-state index contributed by atoms with van der Waals surface area (Å²) in [5, 5.41) is 0. The number of carbonyl (C=O) groups excluding carboxylic acids is 1. The van der Waals surface area contributed by atoms with E-state index in [1.807, 2.05) is 6.92 Å². The van der Waals surface area contributed by atoms with Crippen molar-refractivity contribution < 1.29 is 4.79 Å². The fourth-order valence-electron chi connectivity index (χ4n) is 0.522. The highest BCUT2D eigenvalue weighted by Crippen LogP contribution is 2.35. The summed E-state index contributed by atoms with van der Waals surface area (Å²) in [6, 6.07) is 0. The van der Waals surface area contributed by atoms with Crippen LogP contribution in [-0.4, -0.2) is 10.1 Å². The molecule has 1 aliphatic heterocycles. The van der Waals surface area contributed by atoms with E-state index in [1.54, 1.807) is 0 Å². The van der Waals surface area contributed by atoms with Crippen LogP contribution in [-0.2, 0) is 4.79 Å². The van der Waals surface area contributed by atoms with E-state index in [0.717, 1.165) is 0 Å². The Morgan fingerprint density at radius 3 is 2.75 bits per heavy atom. The van der Waals surface area contributed by atoms with Gasteiger partial charge in [0.05, 0.1) is 6.42 Å². The molecule has 0 bridgehead atoms. The largest absolute Gasteiger partial charge is 0.299 e. The van der Waals surface area contributed by atoms with Crippen LogP contribution in [0, 0.1) is 0 Å². The summed E-state index contributed by atoms with van der Waals surface area (Å²) >= 11 is 7.02. The molecule has 1 fully saturated rings. The zero-order chi connectivity index (χ0) is 6.20. The molecule has 0 radical (unpaired) electrons. The third kappa shape index (κ3) is 1.29. The molecule has 0 aromatic rings. The zero-order valence-corrected chi connectivity index (χ0v) is 5.97. The third-order valence-corrected chi connectivity index (χ3v) is 2.12. The topological polar surface area (TPSA) is 29.1 Å². The summed E-state index contributed by atoms with van der Waals surface area (Å²) < 4.78 is 2.15. The Labute approximate surface area is 57.1 Å². The molecule has 1 N–H and O–H groups in total. The fraction of sp³-hybridized carbons (Fsp3) is 0.750. The highest BCUT2D eigenvalue weighted by atomic mass is 35.5. The molecule has 0 spiro atoms. The van der Waals surface area contributed by atoms with E-state index in [-0.39, 0.29) is 5.91 Å². The molecule has 2 nitrogen and oxygen atoms in total. The van der Waals surface area contributed by atoms with Crippen molar-refractivity contribution in [3.05, 3.63) is 0 Å². The van der Waals surface area contributed by atoms with Crippen LogP contribution in [0.2, 0.25) is 0 Å². The first-order valence-electron chi connectivity index (χ1n) is 2.26. The number of rotatable bonds is 0. The van der Waals surface area contributed by atoms with Crippen LogP contribution in [0.3, 0.4) is 0 Å². The Balaban J connectivity index is 2.56. The van der Waals surface area contributed by atoms with E-state index >= 15 is 0 Å². The predicted molar refractivity (Wildman–Crippen MR) is 34.6 cm³/mol. The average molecular weight is 152 g/mol. The molecular weight excluding hydrogens is 146 g/mol. The summed E-state index contributed by atoms with van der Waals surface area (Å²) in [5.74, 6) is 0.0208. The first-order valence-corrected chi connectivity index (χ1v) is 3.45. The molecular formula is C4H6ClNOS. The Bertz CT molecular complexity index is 125. The van der Waals surface area contributed by atoms with Crippen molar-refractivity contribution in [1.82, 2.24) is 4.72 Å². The molecule has 0 saturated carbocycles. The highest BCUT2D eigenvalue weighted by molar-refractivity contribution is 8.01. The molecule has 1 saturated heterocycles. The van der Waals surface area contributed by atoms with Crippen LogP contribution in [0.5, 0.6) is 0 Å². The van der Waals surface area contributed by atoms with E-state index in [4.69, 9.17) is 11.6 Å². The third-order valence-electron chi connectivity index (χ3n) is 0.854. The standard InChI is InChI=1S/C4H6ClNOS/c1-4(5)2-3(7)6-8-4/h2H2,1H3,(H,6,7). The van der Waals surface area contributed by atoms with Gasteiger partial charge in [0.25, 0.3) is 0 Å². The second kappa shape index (κ2) is 1.81. The van der Waals surface area contributed by atoms with Crippen LogP contribution in [0.4, 0.5) is 0 Å². The Hall–Kier alpha value is 0.110. The number of alkyl halides is 1. The summed E-state index contributed by atoms with van der Waals surface area (Å²) in [7, 11) is 0. The van der Waals surface area contributed by atoms with Crippen molar-refractivity contribution in [3.8, 4) is 0 Å². The highest BCUT2D eigenvalue weighted by Gasteiger charge is 2.32. The van der Waals surface area contributed by atoms with Gasteiger partial charge in [0.1, 0.15) is 4.21 Å². The maximum absolute atomic E-state index is 10.4. The lowest BCUT2D eigenvalue weighted by molar-refractivity contribution is -0.118. The van der Waals surface area contributed by atoms with Gasteiger partial charge < -0.3 is 0 Å². The fourth-order valence-corrected chi connectivity index (χ4v) is 1.36. The number of halogens is 1. The molecule has 1 aliphatic rings. The normalized spacial score (nSPS) is 37.5. The van der Waals surface area contributed by atoms with E-state index in [9.17, 15) is 4.79 Å². The Morgan fingerprint density at radius 2 is 2.62 bits per heavy atom. The van der Waals surface area contributed by atoms with Crippen molar-refractivity contribution in [2.24, 2.45) is 0 Å². The lowest BCUT2D eigenvalue weighted by atomic mass is 10.3. The molecule has 0 aromatic carbocycles. The van der Waals surface area contributed by atoms with Crippen molar-refractivity contribution in [2.45, 2.75) is 17.6 Å².